The van der Waals surface area contributed by atoms with E-state index in [1.807, 2.05) is 0 Å². The zero-order chi connectivity index (χ0) is 16.1. The molecule has 1 saturated carbocycles. The van der Waals surface area contributed by atoms with E-state index >= 15 is 0 Å². The number of piperidine rings is 1. The first kappa shape index (κ1) is 18.2. The fourth-order valence-electron chi connectivity index (χ4n) is 4.17. The highest BCUT2D eigenvalue weighted by molar-refractivity contribution is 4.88. The van der Waals surface area contributed by atoms with Crippen LogP contribution in [0.25, 0.3) is 0 Å². The lowest BCUT2D eigenvalue weighted by atomic mass is 9.85. The summed E-state index contributed by atoms with van der Waals surface area (Å²) in [4.78, 5) is 2.61. The number of aliphatic hydroxyl groups excluding tert-OH is 1. The Hall–Kier alpha value is -0.120. The molecule has 0 amide bonds. The van der Waals surface area contributed by atoms with E-state index in [-0.39, 0.29) is 6.10 Å². The van der Waals surface area contributed by atoms with Crippen LogP contribution in [0.3, 0.4) is 0 Å². The number of rotatable bonds is 6. The number of nitrogens with zero attached hydrogens (tertiary/aromatic N) is 1. The lowest BCUT2D eigenvalue weighted by Gasteiger charge is -2.42. The quantitative estimate of drug-likeness (QED) is 0.789. The van der Waals surface area contributed by atoms with E-state index in [9.17, 15) is 5.11 Å². The van der Waals surface area contributed by atoms with Crippen LogP contribution in [0.5, 0.6) is 0 Å². The van der Waals surface area contributed by atoms with Crippen molar-refractivity contribution in [1.29, 1.82) is 0 Å². The maximum Gasteiger partial charge on any atom is 0.0566 e. The average Bonchev–Trinajstić information content (AvgIpc) is 2.47. The van der Waals surface area contributed by atoms with Gasteiger partial charge in [-0.2, -0.15) is 0 Å². The van der Waals surface area contributed by atoms with Crippen LogP contribution in [0.1, 0.15) is 72.6 Å². The van der Waals surface area contributed by atoms with Gasteiger partial charge in [0, 0.05) is 31.2 Å². The first-order valence-electron chi connectivity index (χ1n) is 9.63. The van der Waals surface area contributed by atoms with Gasteiger partial charge in [0.1, 0.15) is 0 Å². The third kappa shape index (κ3) is 5.50. The smallest absolute Gasteiger partial charge is 0.0566 e. The molecule has 3 nitrogen and oxygen atoms in total. The Bertz CT molecular complexity index is 311. The third-order valence-corrected chi connectivity index (χ3v) is 5.72. The lowest BCUT2D eigenvalue weighted by Crippen LogP contribution is -2.54. The number of hydrogen-bond acceptors (Lipinski definition) is 3. The van der Waals surface area contributed by atoms with Gasteiger partial charge in [-0.1, -0.05) is 33.1 Å². The predicted molar refractivity (Wildman–Crippen MR) is 94.1 cm³/mol. The zero-order valence-electron chi connectivity index (χ0n) is 15.2. The van der Waals surface area contributed by atoms with E-state index in [0.717, 1.165) is 19.0 Å². The van der Waals surface area contributed by atoms with Gasteiger partial charge >= 0.3 is 0 Å². The van der Waals surface area contributed by atoms with Crippen LogP contribution < -0.4 is 5.32 Å². The Kier molecular flexibility index (Phi) is 7.17. The normalized spacial score (nSPS) is 30.1. The first-order valence-corrected chi connectivity index (χ1v) is 9.63. The van der Waals surface area contributed by atoms with Gasteiger partial charge in [0.25, 0.3) is 0 Å². The summed E-state index contributed by atoms with van der Waals surface area (Å²) in [5, 5.41) is 14.2. The molecule has 2 aliphatic rings. The number of hydrogen-bond donors (Lipinski definition) is 2. The second kappa shape index (κ2) is 8.65. The van der Waals surface area contributed by atoms with Crippen molar-refractivity contribution in [3.05, 3.63) is 0 Å². The molecule has 1 heterocycles. The topological polar surface area (TPSA) is 35.5 Å². The van der Waals surface area contributed by atoms with Crippen molar-refractivity contribution >= 4 is 0 Å². The van der Waals surface area contributed by atoms with E-state index in [4.69, 9.17) is 0 Å². The zero-order valence-corrected chi connectivity index (χ0v) is 15.2. The summed E-state index contributed by atoms with van der Waals surface area (Å²) in [6.07, 6.45) is 8.99. The molecule has 0 bridgehead atoms. The molecular weight excluding hydrogens is 272 g/mol. The van der Waals surface area contributed by atoms with E-state index in [1.165, 1.54) is 45.1 Å². The minimum atomic E-state index is -0.146. The predicted octanol–water partition coefficient (Wildman–Crippen LogP) is 3.41. The molecule has 0 spiro atoms. The molecule has 130 valence electrons. The van der Waals surface area contributed by atoms with E-state index in [2.05, 4.69) is 37.9 Å². The van der Waals surface area contributed by atoms with Gasteiger partial charge in [0.2, 0.25) is 0 Å². The molecule has 1 aliphatic carbocycles. The molecule has 0 aromatic rings. The van der Waals surface area contributed by atoms with E-state index in [1.54, 1.807) is 0 Å². The summed E-state index contributed by atoms with van der Waals surface area (Å²) in [5.74, 6) is 1.01. The van der Waals surface area contributed by atoms with Crippen molar-refractivity contribution in [1.82, 2.24) is 10.2 Å². The van der Waals surface area contributed by atoms with Crippen molar-refractivity contribution in [3.8, 4) is 0 Å². The third-order valence-electron chi connectivity index (χ3n) is 5.72. The van der Waals surface area contributed by atoms with Crippen molar-refractivity contribution in [2.45, 2.75) is 96.9 Å². The summed E-state index contributed by atoms with van der Waals surface area (Å²) in [7, 11) is 0. The summed E-state index contributed by atoms with van der Waals surface area (Å²) in [6, 6.07) is 1.96. The van der Waals surface area contributed by atoms with Crippen LogP contribution in [0.4, 0.5) is 0 Å². The molecule has 1 saturated heterocycles. The highest BCUT2D eigenvalue weighted by Crippen LogP contribution is 2.26. The average molecular weight is 311 g/mol. The lowest BCUT2D eigenvalue weighted by molar-refractivity contribution is 0.0490. The Morgan fingerprint density at radius 1 is 1.00 bits per heavy atom. The van der Waals surface area contributed by atoms with Crippen molar-refractivity contribution in [2.75, 3.05) is 13.1 Å². The molecule has 1 aliphatic heterocycles. The van der Waals surface area contributed by atoms with Gasteiger partial charge in [0.15, 0.2) is 0 Å². The van der Waals surface area contributed by atoms with Gasteiger partial charge in [-0.05, 0) is 51.4 Å². The van der Waals surface area contributed by atoms with Crippen LogP contribution in [0, 0.1) is 11.8 Å². The van der Waals surface area contributed by atoms with Crippen LogP contribution in [0.2, 0.25) is 0 Å². The van der Waals surface area contributed by atoms with Crippen LogP contribution in [-0.2, 0) is 0 Å². The van der Waals surface area contributed by atoms with Crippen molar-refractivity contribution in [2.24, 2.45) is 11.8 Å². The first-order chi connectivity index (χ1) is 10.5. The molecular formula is C19H38N2O. The largest absolute Gasteiger partial charge is 0.393 e. The Balaban J connectivity index is 1.90. The summed E-state index contributed by atoms with van der Waals surface area (Å²) < 4.78 is 0. The second-order valence-corrected chi connectivity index (χ2v) is 8.39. The van der Waals surface area contributed by atoms with Gasteiger partial charge in [-0.15, -0.1) is 0 Å². The van der Waals surface area contributed by atoms with Crippen LogP contribution >= 0.6 is 0 Å². The second-order valence-electron chi connectivity index (χ2n) is 8.39. The van der Waals surface area contributed by atoms with E-state index < -0.39 is 0 Å². The fraction of sp³-hybridized carbons (Fsp3) is 1.00. The molecule has 0 aromatic carbocycles. The van der Waals surface area contributed by atoms with Crippen molar-refractivity contribution < 1.29 is 5.11 Å². The number of aliphatic hydroxyl groups is 1. The maximum atomic E-state index is 10.3. The standard InChI is InChI=1S/C19H38N2O/c1-14(2)19(22)11-16-10-18(13-21(12-16)15(3)4)20-17-8-6-5-7-9-17/h14-20,22H,5-13H2,1-4H3. The van der Waals surface area contributed by atoms with Gasteiger partial charge in [-0.25, -0.2) is 0 Å². The number of nitrogens with one attached hydrogen (secondary N) is 1. The SMILES string of the molecule is CC(C)C(O)CC1CC(NC2CCCCC2)CN(C(C)C)C1. The molecule has 2 rings (SSSR count). The van der Waals surface area contributed by atoms with Gasteiger partial charge in [-0.3, -0.25) is 4.90 Å². The minimum Gasteiger partial charge on any atom is -0.393 e. The fourth-order valence-corrected chi connectivity index (χ4v) is 4.17. The molecule has 2 N–H and O–H groups in total. The molecule has 0 radical (unpaired) electrons. The maximum absolute atomic E-state index is 10.3. The molecule has 22 heavy (non-hydrogen) atoms. The Labute approximate surface area is 137 Å². The molecule has 3 unspecified atom stereocenters. The highest BCUT2D eigenvalue weighted by Gasteiger charge is 2.31. The molecule has 2 fully saturated rings. The van der Waals surface area contributed by atoms with E-state index in [0.29, 0.717) is 23.9 Å². The van der Waals surface area contributed by atoms with Crippen LogP contribution in [0.15, 0.2) is 0 Å². The minimum absolute atomic E-state index is 0.146. The Morgan fingerprint density at radius 3 is 2.27 bits per heavy atom. The Morgan fingerprint density at radius 2 is 1.68 bits per heavy atom. The monoisotopic (exact) mass is 310 g/mol. The van der Waals surface area contributed by atoms with Crippen LogP contribution in [-0.4, -0.2) is 47.3 Å². The summed E-state index contributed by atoms with van der Waals surface area (Å²) in [6.45, 7) is 11.2. The highest BCUT2D eigenvalue weighted by atomic mass is 16.3. The summed E-state index contributed by atoms with van der Waals surface area (Å²) in [5.41, 5.74) is 0. The van der Waals surface area contributed by atoms with Crippen molar-refractivity contribution in [3.63, 3.8) is 0 Å². The number of likely N-dealkylation sites (tertiary alicyclic amines) is 1. The molecule has 3 heteroatoms. The van der Waals surface area contributed by atoms with Gasteiger partial charge in [0.05, 0.1) is 6.10 Å². The molecule has 0 aromatic heterocycles. The summed E-state index contributed by atoms with van der Waals surface area (Å²) >= 11 is 0. The van der Waals surface area contributed by atoms with Gasteiger partial charge < -0.3 is 10.4 Å². The molecule has 3 atom stereocenters.